The molecule has 5 heteroatoms. The second-order valence-corrected chi connectivity index (χ2v) is 5.81. The van der Waals surface area contributed by atoms with Crippen molar-refractivity contribution in [2.45, 2.75) is 0 Å². The molecule has 0 aliphatic rings. The molecule has 0 spiro atoms. The molecule has 1 heterocycles. The number of H-pyrrole nitrogens is 1. The van der Waals surface area contributed by atoms with Gasteiger partial charge in [-0.25, -0.2) is 4.39 Å². The number of ether oxygens (including phenoxy) is 1. The first-order valence-electron chi connectivity index (χ1n) is 8.09. The van der Waals surface area contributed by atoms with Crippen LogP contribution >= 0.6 is 0 Å². The molecular weight excluding hydrogens is 331 g/mol. The SMILES string of the molecule is O=C(Nc1ccc(F)cc1)c1ccc(Oc2ccc3[nH]ccc3c2)cc1. The van der Waals surface area contributed by atoms with Gasteiger partial charge < -0.3 is 15.0 Å². The summed E-state index contributed by atoms with van der Waals surface area (Å²) in [4.78, 5) is 15.4. The smallest absolute Gasteiger partial charge is 0.255 e. The van der Waals surface area contributed by atoms with Crippen molar-refractivity contribution in [2.24, 2.45) is 0 Å². The van der Waals surface area contributed by atoms with Gasteiger partial charge in [-0.1, -0.05) is 0 Å². The zero-order valence-electron chi connectivity index (χ0n) is 13.7. The third-order valence-electron chi connectivity index (χ3n) is 3.98. The van der Waals surface area contributed by atoms with Crippen molar-refractivity contribution in [2.75, 3.05) is 5.32 Å². The topological polar surface area (TPSA) is 54.1 Å². The average Bonchev–Trinajstić information content (AvgIpc) is 3.12. The van der Waals surface area contributed by atoms with Gasteiger partial charge in [0.25, 0.3) is 5.91 Å². The van der Waals surface area contributed by atoms with Crippen LogP contribution < -0.4 is 10.1 Å². The first kappa shape index (κ1) is 15.9. The minimum absolute atomic E-state index is 0.267. The quantitative estimate of drug-likeness (QED) is 0.523. The van der Waals surface area contributed by atoms with E-state index in [0.29, 0.717) is 17.0 Å². The predicted octanol–water partition coefficient (Wildman–Crippen LogP) is 5.35. The highest BCUT2D eigenvalue weighted by Crippen LogP contribution is 2.25. The Balaban J connectivity index is 1.45. The molecule has 0 atom stereocenters. The highest BCUT2D eigenvalue weighted by molar-refractivity contribution is 6.04. The number of benzene rings is 3. The summed E-state index contributed by atoms with van der Waals surface area (Å²) >= 11 is 0. The van der Waals surface area contributed by atoms with Crippen LogP contribution in [-0.4, -0.2) is 10.9 Å². The molecule has 0 aliphatic heterocycles. The fourth-order valence-electron chi connectivity index (χ4n) is 2.64. The molecular formula is C21H15FN2O2. The lowest BCUT2D eigenvalue weighted by atomic mass is 10.2. The number of aromatic amines is 1. The number of anilines is 1. The van der Waals surface area contributed by atoms with E-state index >= 15 is 0 Å². The van der Waals surface area contributed by atoms with E-state index in [4.69, 9.17) is 4.74 Å². The number of aromatic nitrogens is 1. The van der Waals surface area contributed by atoms with Crippen molar-refractivity contribution < 1.29 is 13.9 Å². The monoisotopic (exact) mass is 346 g/mol. The molecule has 4 rings (SSSR count). The summed E-state index contributed by atoms with van der Waals surface area (Å²) in [5, 5.41) is 3.79. The highest BCUT2D eigenvalue weighted by atomic mass is 19.1. The van der Waals surface area contributed by atoms with Gasteiger partial charge in [0.15, 0.2) is 0 Å². The maximum atomic E-state index is 12.9. The fourth-order valence-corrected chi connectivity index (χ4v) is 2.64. The molecule has 0 unspecified atom stereocenters. The highest BCUT2D eigenvalue weighted by Gasteiger charge is 2.07. The Hall–Kier alpha value is -3.60. The largest absolute Gasteiger partial charge is 0.457 e. The van der Waals surface area contributed by atoms with Gasteiger partial charge in [-0.15, -0.1) is 0 Å². The van der Waals surface area contributed by atoms with Crippen LogP contribution in [0, 0.1) is 5.82 Å². The van der Waals surface area contributed by atoms with Crippen molar-refractivity contribution in [1.29, 1.82) is 0 Å². The van der Waals surface area contributed by atoms with E-state index in [1.165, 1.54) is 24.3 Å². The number of amides is 1. The molecule has 1 aromatic heterocycles. The van der Waals surface area contributed by atoms with E-state index in [1.54, 1.807) is 24.3 Å². The van der Waals surface area contributed by atoms with Crippen molar-refractivity contribution in [3.8, 4) is 11.5 Å². The van der Waals surface area contributed by atoms with Crippen molar-refractivity contribution in [3.63, 3.8) is 0 Å². The lowest BCUT2D eigenvalue weighted by Crippen LogP contribution is -2.11. The predicted molar refractivity (Wildman–Crippen MR) is 99.2 cm³/mol. The van der Waals surface area contributed by atoms with Crippen LogP contribution in [0.3, 0.4) is 0 Å². The van der Waals surface area contributed by atoms with Crippen LogP contribution in [0.1, 0.15) is 10.4 Å². The second-order valence-electron chi connectivity index (χ2n) is 5.81. The first-order valence-corrected chi connectivity index (χ1v) is 8.09. The number of rotatable bonds is 4. The van der Waals surface area contributed by atoms with Crippen LogP contribution in [0.15, 0.2) is 79.0 Å². The van der Waals surface area contributed by atoms with Crippen molar-refractivity contribution in [1.82, 2.24) is 4.98 Å². The Morgan fingerprint density at radius 2 is 1.62 bits per heavy atom. The lowest BCUT2D eigenvalue weighted by Gasteiger charge is -2.08. The fraction of sp³-hybridized carbons (Fsp3) is 0. The van der Waals surface area contributed by atoms with Gasteiger partial charge in [-0.2, -0.15) is 0 Å². The summed E-state index contributed by atoms with van der Waals surface area (Å²) in [6.07, 6.45) is 1.88. The van der Waals surface area contributed by atoms with E-state index < -0.39 is 0 Å². The Morgan fingerprint density at radius 3 is 2.38 bits per heavy atom. The molecule has 2 N–H and O–H groups in total. The molecule has 0 fully saturated rings. The van der Waals surface area contributed by atoms with Crippen LogP contribution in [0.4, 0.5) is 10.1 Å². The van der Waals surface area contributed by atoms with Gasteiger partial charge in [0.1, 0.15) is 17.3 Å². The average molecular weight is 346 g/mol. The Kier molecular flexibility index (Phi) is 4.11. The molecule has 128 valence electrons. The van der Waals surface area contributed by atoms with Crippen LogP contribution in [0.25, 0.3) is 10.9 Å². The summed E-state index contributed by atoms with van der Waals surface area (Å²) in [6.45, 7) is 0. The Bertz CT molecular complexity index is 1050. The second kappa shape index (κ2) is 6.72. The molecule has 0 saturated carbocycles. The Labute approximate surface area is 149 Å². The minimum atomic E-state index is -0.345. The molecule has 0 radical (unpaired) electrons. The van der Waals surface area contributed by atoms with E-state index in [1.807, 2.05) is 30.5 Å². The van der Waals surface area contributed by atoms with Gasteiger partial charge in [-0.3, -0.25) is 4.79 Å². The first-order chi connectivity index (χ1) is 12.7. The van der Waals surface area contributed by atoms with E-state index in [-0.39, 0.29) is 11.7 Å². The maximum Gasteiger partial charge on any atom is 0.255 e. The third kappa shape index (κ3) is 3.42. The van der Waals surface area contributed by atoms with Gasteiger partial charge in [0.2, 0.25) is 0 Å². The van der Waals surface area contributed by atoms with E-state index in [2.05, 4.69) is 10.3 Å². The molecule has 3 aromatic carbocycles. The molecule has 4 aromatic rings. The summed E-state index contributed by atoms with van der Waals surface area (Å²) < 4.78 is 18.7. The van der Waals surface area contributed by atoms with Crippen LogP contribution in [-0.2, 0) is 0 Å². The molecule has 26 heavy (non-hydrogen) atoms. The van der Waals surface area contributed by atoms with Crippen LogP contribution in [0.2, 0.25) is 0 Å². The van der Waals surface area contributed by atoms with E-state index in [0.717, 1.165) is 16.7 Å². The number of carbonyl (C=O) groups is 1. The van der Waals surface area contributed by atoms with Crippen molar-refractivity contribution >= 4 is 22.5 Å². The number of nitrogens with one attached hydrogen (secondary N) is 2. The number of hydrogen-bond acceptors (Lipinski definition) is 2. The van der Waals surface area contributed by atoms with Crippen molar-refractivity contribution in [3.05, 3.63) is 90.4 Å². The van der Waals surface area contributed by atoms with Gasteiger partial charge >= 0.3 is 0 Å². The minimum Gasteiger partial charge on any atom is -0.457 e. The van der Waals surface area contributed by atoms with Crippen LogP contribution in [0.5, 0.6) is 11.5 Å². The van der Waals surface area contributed by atoms with Gasteiger partial charge in [0.05, 0.1) is 0 Å². The number of carbonyl (C=O) groups excluding carboxylic acids is 1. The summed E-state index contributed by atoms with van der Waals surface area (Å²) in [5.74, 6) is 0.748. The van der Waals surface area contributed by atoms with Gasteiger partial charge in [-0.05, 0) is 72.8 Å². The zero-order chi connectivity index (χ0) is 17.9. The molecule has 0 bridgehead atoms. The normalized spacial score (nSPS) is 10.7. The summed E-state index contributed by atoms with van der Waals surface area (Å²) in [7, 11) is 0. The number of halogens is 1. The molecule has 0 aliphatic carbocycles. The molecule has 1 amide bonds. The molecule has 0 saturated heterocycles. The maximum absolute atomic E-state index is 12.9. The lowest BCUT2D eigenvalue weighted by molar-refractivity contribution is 0.102. The number of hydrogen-bond donors (Lipinski definition) is 2. The Morgan fingerprint density at radius 1 is 0.885 bits per heavy atom. The summed E-state index contributed by atoms with van der Waals surface area (Å²) in [5.41, 5.74) is 2.07. The third-order valence-corrected chi connectivity index (χ3v) is 3.98. The van der Waals surface area contributed by atoms with E-state index in [9.17, 15) is 9.18 Å². The molecule has 4 nitrogen and oxygen atoms in total. The standard InChI is InChI=1S/C21H15FN2O2/c22-16-3-5-17(6-4-16)24-21(25)14-1-7-18(8-2-14)26-19-9-10-20-15(13-19)11-12-23-20/h1-13,23H,(H,24,25). The number of fused-ring (bicyclic) bond motifs is 1. The summed E-state index contributed by atoms with van der Waals surface area (Å²) in [6, 6.07) is 20.2. The van der Waals surface area contributed by atoms with Gasteiger partial charge in [0, 0.05) is 28.4 Å². The zero-order valence-corrected chi connectivity index (χ0v) is 13.7.